The monoisotopic (exact) mass is 341 g/mol. The molecule has 2 rings (SSSR count). The van der Waals surface area contributed by atoms with Gasteiger partial charge in [0.2, 0.25) is 0 Å². The number of nitrogens with two attached hydrogens (primary N) is 1. The molecule has 0 aliphatic heterocycles. The fraction of sp³-hybridized carbons (Fsp3) is 0.350. The predicted molar refractivity (Wildman–Crippen MR) is 102 cm³/mol. The molecule has 134 valence electrons. The van der Waals surface area contributed by atoms with Gasteiger partial charge >= 0.3 is 0 Å². The Kier molecular flexibility index (Phi) is 7.29. The summed E-state index contributed by atoms with van der Waals surface area (Å²) in [5.41, 5.74) is 7.81. The SMILES string of the molecule is CCN(CC)CCOc1ccc(CNC(=O)c2ccccc2N)cc1. The highest BCUT2D eigenvalue weighted by Gasteiger charge is 2.08. The summed E-state index contributed by atoms with van der Waals surface area (Å²) >= 11 is 0. The van der Waals surface area contributed by atoms with Gasteiger partial charge in [0.15, 0.2) is 0 Å². The average molecular weight is 341 g/mol. The van der Waals surface area contributed by atoms with Gasteiger partial charge in [-0.3, -0.25) is 4.79 Å². The van der Waals surface area contributed by atoms with Gasteiger partial charge in [0, 0.05) is 18.8 Å². The van der Waals surface area contributed by atoms with Crippen molar-refractivity contribution in [3.8, 4) is 5.75 Å². The molecule has 5 heteroatoms. The van der Waals surface area contributed by atoms with Gasteiger partial charge in [-0.1, -0.05) is 38.1 Å². The third-order valence-corrected chi connectivity index (χ3v) is 4.15. The number of nitrogens with one attached hydrogen (secondary N) is 1. The summed E-state index contributed by atoms with van der Waals surface area (Å²) in [5.74, 6) is 0.673. The molecule has 0 aliphatic carbocycles. The minimum Gasteiger partial charge on any atom is -0.492 e. The highest BCUT2D eigenvalue weighted by molar-refractivity contribution is 5.98. The van der Waals surface area contributed by atoms with Crippen LogP contribution in [0.4, 0.5) is 5.69 Å². The molecular weight excluding hydrogens is 314 g/mol. The predicted octanol–water partition coefficient (Wildman–Crippen LogP) is 2.92. The summed E-state index contributed by atoms with van der Waals surface area (Å²) in [6, 6.07) is 14.8. The van der Waals surface area contributed by atoms with E-state index in [1.165, 1.54) is 0 Å². The standard InChI is InChI=1S/C20H27N3O2/c1-3-23(4-2)13-14-25-17-11-9-16(10-12-17)15-22-20(24)18-7-5-6-8-19(18)21/h5-12H,3-4,13-15,21H2,1-2H3,(H,22,24). The van der Waals surface area contributed by atoms with E-state index in [9.17, 15) is 4.79 Å². The Balaban J connectivity index is 1.80. The second kappa shape index (κ2) is 9.69. The number of para-hydroxylation sites is 1. The van der Waals surface area contributed by atoms with Crippen molar-refractivity contribution in [2.24, 2.45) is 0 Å². The fourth-order valence-electron chi connectivity index (χ4n) is 2.52. The molecule has 25 heavy (non-hydrogen) atoms. The fourth-order valence-corrected chi connectivity index (χ4v) is 2.52. The highest BCUT2D eigenvalue weighted by Crippen LogP contribution is 2.13. The smallest absolute Gasteiger partial charge is 0.253 e. The van der Waals surface area contributed by atoms with Gasteiger partial charge in [0.1, 0.15) is 12.4 Å². The molecule has 0 aromatic heterocycles. The lowest BCUT2D eigenvalue weighted by Crippen LogP contribution is -2.27. The molecule has 2 aromatic carbocycles. The lowest BCUT2D eigenvalue weighted by Gasteiger charge is -2.18. The number of carbonyl (C=O) groups is 1. The first-order valence-electron chi connectivity index (χ1n) is 8.70. The van der Waals surface area contributed by atoms with Gasteiger partial charge in [-0.2, -0.15) is 0 Å². The van der Waals surface area contributed by atoms with Crippen LogP contribution in [-0.4, -0.2) is 37.0 Å². The summed E-state index contributed by atoms with van der Waals surface area (Å²) < 4.78 is 5.76. The Morgan fingerprint density at radius 1 is 1.08 bits per heavy atom. The van der Waals surface area contributed by atoms with Gasteiger partial charge in [0.05, 0.1) is 5.56 Å². The number of hydrogen-bond donors (Lipinski definition) is 2. The number of nitrogens with zero attached hydrogens (tertiary/aromatic N) is 1. The highest BCUT2D eigenvalue weighted by atomic mass is 16.5. The summed E-state index contributed by atoms with van der Waals surface area (Å²) in [6.45, 7) is 8.40. The van der Waals surface area contributed by atoms with Crippen molar-refractivity contribution in [1.82, 2.24) is 10.2 Å². The number of likely N-dealkylation sites (N-methyl/N-ethyl adjacent to an activating group) is 1. The molecule has 5 nitrogen and oxygen atoms in total. The molecule has 0 unspecified atom stereocenters. The van der Waals surface area contributed by atoms with E-state index in [4.69, 9.17) is 10.5 Å². The first-order valence-corrected chi connectivity index (χ1v) is 8.70. The Morgan fingerprint density at radius 3 is 2.40 bits per heavy atom. The maximum atomic E-state index is 12.1. The van der Waals surface area contributed by atoms with Crippen molar-refractivity contribution in [3.63, 3.8) is 0 Å². The van der Waals surface area contributed by atoms with Gasteiger partial charge in [-0.25, -0.2) is 0 Å². The van der Waals surface area contributed by atoms with Gasteiger partial charge < -0.3 is 20.7 Å². The van der Waals surface area contributed by atoms with E-state index >= 15 is 0 Å². The molecule has 0 bridgehead atoms. The second-order valence-electron chi connectivity index (χ2n) is 5.79. The Labute approximate surface area is 149 Å². The van der Waals surface area contributed by atoms with E-state index in [-0.39, 0.29) is 5.91 Å². The van der Waals surface area contributed by atoms with Crippen LogP contribution in [0.1, 0.15) is 29.8 Å². The quantitative estimate of drug-likeness (QED) is 0.688. The topological polar surface area (TPSA) is 67.6 Å². The van der Waals surface area contributed by atoms with Crippen LogP contribution in [0.2, 0.25) is 0 Å². The molecule has 0 radical (unpaired) electrons. The summed E-state index contributed by atoms with van der Waals surface area (Å²) in [6.07, 6.45) is 0. The number of nitrogen functional groups attached to an aromatic ring is 1. The zero-order valence-corrected chi connectivity index (χ0v) is 15.0. The molecule has 0 saturated heterocycles. The van der Waals surface area contributed by atoms with E-state index in [0.29, 0.717) is 24.4 Å². The van der Waals surface area contributed by atoms with Crippen LogP contribution in [-0.2, 0) is 6.54 Å². The molecule has 0 fully saturated rings. The van der Waals surface area contributed by atoms with E-state index < -0.39 is 0 Å². The van der Waals surface area contributed by atoms with Gasteiger partial charge in [-0.15, -0.1) is 0 Å². The molecule has 0 heterocycles. The van der Waals surface area contributed by atoms with Crippen molar-refractivity contribution in [3.05, 3.63) is 59.7 Å². The maximum absolute atomic E-state index is 12.1. The second-order valence-corrected chi connectivity index (χ2v) is 5.79. The number of rotatable bonds is 9. The first-order chi connectivity index (χ1) is 12.1. The van der Waals surface area contributed by atoms with Crippen LogP contribution < -0.4 is 15.8 Å². The van der Waals surface area contributed by atoms with E-state index in [1.54, 1.807) is 18.2 Å². The lowest BCUT2D eigenvalue weighted by atomic mass is 10.1. The average Bonchev–Trinajstić information content (AvgIpc) is 2.64. The third-order valence-electron chi connectivity index (χ3n) is 4.15. The van der Waals surface area contributed by atoms with Crippen molar-refractivity contribution in [2.75, 3.05) is 32.0 Å². The molecule has 0 saturated carbocycles. The zero-order valence-electron chi connectivity index (χ0n) is 15.0. The van der Waals surface area contributed by atoms with Crippen molar-refractivity contribution in [2.45, 2.75) is 20.4 Å². The number of hydrogen-bond acceptors (Lipinski definition) is 4. The molecular formula is C20H27N3O2. The normalized spacial score (nSPS) is 10.7. The Morgan fingerprint density at radius 2 is 1.76 bits per heavy atom. The molecule has 2 aromatic rings. The minimum absolute atomic E-state index is 0.169. The van der Waals surface area contributed by atoms with Crippen LogP contribution in [0.15, 0.2) is 48.5 Å². The summed E-state index contributed by atoms with van der Waals surface area (Å²) in [7, 11) is 0. The summed E-state index contributed by atoms with van der Waals surface area (Å²) in [4.78, 5) is 14.5. The third kappa shape index (κ3) is 5.80. The largest absolute Gasteiger partial charge is 0.492 e. The van der Waals surface area contributed by atoms with E-state index in [0.717, 1.165) is 30.9 Å². The van der Waals surface area contributed by atoms with Crippen LogP contribution in [0.3, 0.4) is 0 Å². The number of benzene rings is 2. The van der Waals surface area contributed by atoms with E-state index in [2.05, 4.69) is 24.1 Å². The van der Waals surface area contributed by atoms with Gasteiger partial charge in [0.25, 0.3) is 5.91 Å². The number of ether oxygens (including phenoxy) is 1. The number of amides is 1. The molecule has 0 aliphatic rings. The molecule has 0 spiro atoms. The van der Waals surface area contributed by atoms with Crippen LogP contribution in [0.5, 0.6) is 5.75 Å². The van der Waals surface area contributed by atoms with Crippen molar-refractivity contribution in [1.29, 1.82) is 0 Å². The first kappa shape index (κ1) is 18.8. The van der Waals surface area contributed by atoms with Gasteiger partial charge in [-0.05, 0) is 42.9 Å². The zero-order chi connectivity index (χ0) is 18.1. The van der Waals surface area contributed by atoms with Crippen molar-refractivity contribution < 1.29 is 9.53 Å². The Hall–Kier alpha value is -2.53. The van der Waals surface area contributed by atoms with E-state index in [1.807, 2.05) is 30.3 Å². The minimum atomic E-state index is -0.169. The molecule has 0 atom stereocenters. The van der Waals surface area contributed by atoms with Crippen molar-refractivity contribution >= 4 is 11.6 Å². The van der Waals surface area contributed by atoms with Crippen LogP contribution >= 0.6 is 0 Å². The molecule has 3 N–H and O–H groups in total. The van der Waals surface area contributed by atoms with Crippen LogP contribution in [0, 0.1) is 0 Å². The summed E-state index contributed by atoms with van der Waals surface area (Å²) in [5, 5.41) is 2.88. The Bertz CT molecular complexity index is 667. The lowest BCUT2D eigenvalue weighted by molar-refractivity contribution is 0.0952. The number of carbonyl (C=O) groups excluding carboxylic acids is 1. The number of anilines is 1. The maximum Gasteiger partial charge on any atom is 0.253 e. The van der Waals surface area contributed by atoms with Crippen LogP contribution in [0.25, 0.3) is 0 Å². The molecule has 1 amide bonds.